The van der Waals surface area contributed by atoms with E-state index in [0.29, 0.717) is 11.9 Å². The number of aromatic nitrogens is 3. The maximum atomic E-state index is 12.6. The molecule has 0 spiro atoms. The molecule has 0 radical (unpaired) electrons. The molecule has 25 heavy (non-hydrogen) atoms. The number of benzene rings is 1. The molecular formula is C18H19N3O4. The van der Waals surface area contributed by atoms with Gasteiger partial charge < -0.3 is 14.4 Å². The van der Waals surface area contributed by atoms with E-state index in [1.165, 1.54) is 0 Å². The van der Waals surface area contributed by atoms with Gasteiger partial charge in [-0.15, -0.1) is 0 Å². The minimum absolute atomic E-state index is 0.381. The van der Waals surface area contributed by atoms with E-state index in [2.05, 4.69) is 5.10 Å². The monoisotopic (exact) mass is 341 g/mol. The van der Waals surface area contributed by atoms with Crippen molar-refractivity contribution in [2.24, 2.45) is 0 Å². The van der Waals surface area contributed by atoms with Crippen LogP contribution in [0.25, 0.3) is 10.8 Å². The van der Waals surface area contributed by atoms with Crippen LogP contribution < -0.4 is 10.3 Å². The highest BCUT2D eigenvalue weighted by Crippen LogP contribution is 2.23. The topological polar surface area (TPSA) is 86.3 Å². The number of carbonyl (C=O) groups is 1. The van der Waals surface area contributed by atoms with E-state index in [1.807, 2.05) is 42.7 Å². The van der Waals surface area contributed by atoms with Crippen molar-refractivity contribution in [3.8, 4) is 5.75 Å². The van der Waals surface area contributed by atoms with Gasteiger partial charge in [-0.2, -0.15) is 5.10 Å². The van der Waals surface area contributed by atoms with Crippen molar-refractivity contribution in [3.63, 3.8) is 0 Å². The Bertz CT molecular complexity index is 1000. The van der Waals surface area contributed by atoms with Gasteiger partial charge in [0.15, 0.2) is 0 Å². The lowest BCUT2D eigenvalue weighted by molar-refractivity contribution is -0.137. The zero-order valence-corrected chi connectivity index (χ0v) is 14.3. The summed E-state index contributed by atoms with van der Waals surface area (Å²) >= 11 is 0. The summed E-state index contributed by atoms with van der Waals surface area (Å²) in [5, 5.41) is 14.2. The smallest absolute Gasteiger partial charge is 0.325 e. The fourth-order valence-electron chi connectivity index (χ4n) is 3.04. The summed E-state index contributed by atoms with van der Waals surface area (Å²) in [5.41, 5.74) is 2.42. The van der Waals surface area contributed by atoms with Crippen molar-refractivity contribution in [2.75, 3.05) is 7.11 Å². The van der Waals surface area contributed by atoms with Crippen LogP contribution >= 0.6 is 0 Å². The minimum Gasteiger partial charge on any atom is -0.497 e. The predicted molar refractivity (Wildman–Crippen MR) is 93.2 cm³/mol. The Balaban J connectivity index is 2.08. The van der Waals surface area contributed by atoms with E-state index in [9.17, 15) is 9.59 Å². The van der Waals surface area contributed by atoms with Crippen LogP contribution in [0.3, 0.4) is 0 Å². The first kappa shape index (κ1) is 16.8. The number of fused-ring (bicyclic) bond motifs is 1. The quantitative estimate of drug-likeness (QED) is 0.766. The predicted octanol–water partition coefficient (Wildman–Crippen LogP) is 1.96. The molecule has 0 fully saturated rings. The number of ether oxygens (including phenoxy) is 1. The Kier molecular flexibility index (Phi) is 4.31. The van der Waals surface area contributed by atoms with E-state index >= 15 is 0 Å². The molecule has 0 saturated carbocycles. The Hall–Kier alpha value is -3.09. The van der Waals surface area contributed by atoms with Crippen LogP contribution in [0.2, 0.25) is 0 Å². The summed E-state index contributed by atoms with van der Waals surface area (Å²) in [6, 6.07) is 7.74. The van der Waals surface area contributed by atoms with Crippen molar-refractivity contribution in [3.05, 3.63) is 57.8 Å². The van der Waals surface area contributed by atoms with Gasteiger partial charge in [0.05, 0.1) is 18.7 Å². The first-order valence-corrected chi connectivity index (χ1v) is 7.82. The summed E-state index contributed by atoms with van der Waals surface area (Å²) < 4.78 is 8.19. The molecule has 0 aliphatic carbocycles. The van der Waals surface area contributed by atoms with E-state index in [-0.39, 0.29) is 5.56 Å². The highest BCUT2D eigenvalue weighted by molar-refractivity contribution is 5.87. The summed E-state index contributed by atoms with van der Waals surface area (Å²) in [5.74, 6) is -0.309. The van der Waals surface area contributed by atoms with E-state index in [1.54, 1.807) is 13.3 Å². The van der Waals surface area contributed by atoms with E-state index in [0.717, 1.165) is 32.8 Å². The van der Waals surface area contributed by atoms with Crippen LogP contribution in [0.15, 0.2) is 35.3 Å². The third kappa shape index (κ3) is 3.00. The van der Waals surface area contributed by atoms with Crippen molar-refractivity contribution < 1.29 is 14.6 Å². The highest BCUT2D eigenvalue weighted by Gasteiger charge is 2.17. The van der Waals surface area contributed by atoms with E-state index in [4.69, 9.17) is 9.84 Å². The number of carboxylic acids is 1. The van der Waals surface area contributed by atoms with Gasteiger partial charge in [-0.1, -0.05) is 12.1 Å². The second kappa shape index (κ2) is 6.43. The largest absolute Gasteiger partial charge is 0.497 e. The number of aryl methyl sites for hydroxylation is 2. The molecule has 0 bridgehead atoms. The van der Waals surface area contributed by atoms with Crippen LogP contribution in [0.1, 0.15) is 17.0 Å². The molecule has 0 amide bonds. The standard InChI is InChI=1S/C18H19N3O4/c1-11-15-8-19-21(10-16(22)23)18(24)17(15)12(2)20(11)9-13-4-6-14(25-3)7-5-13/h4-8H,9-10H2,1-3H3,(H,22,23). The lowest BCUT2D eigenvalue weighted by Gasteiger charge is -2.10. The Morgan fingerprint density at radius 1 is 1.20 bits per heavy atom. The molecule has 0 atom stereocenters. The number of aliphatic carboxylic acids is 1. The first-order chi connectivity index (χ1) is 11.9. The SMILES string of the molecule is COc1ccc(Cn2c(C)c3cnn(CC(=O)O)c(=O)c3c2C)cc1. The van der Waals surface area contributed by atoms with Crippen LogP contribution in [0.4, 0.5) is 0 Å². The summed E-state index contributed by atoms with van der Waals surface area (Å²) in [6.07, 6.45) is 1.56. The molecule has 3 aromatic rings. The zero-order chi connectivity index (χ0) is 18.1. The van der Waals surface area contributed by atoms with E-state index < -0.39 is 12.5 Å². The Morgan fingerprint density at radius 3 is 2.48 bits per heavy atom. The molecule has 7 heteroatoms. The van der Waals surface area contributed by atoms with Crippen LogP contribution in [0, 0.1) is 13.8 Å². The summed E-state index contributed by atoms with van der Waals surface area (Å²) in [6.45, 7) is 3.96. The van der Waals surface area contributed by atoms with Gasteiger partial charge in [-0.25, -0.2) is 4.68 Å². The molecular weight excluding hydrogens is 322 g/mol. The maximum Gasteiger partial charge on any atom is 0.325 e. The number of hydrogen-bond donors (Lipinski definition) is 1. The molecule has 1 N–H and O–H groups in total. The number of methoxy groups -OCH3 is 1. The maximum absolute atomic E-state index is 12.6. The van der Waals surface area contributed by atoms with Crippen LogP contribution in [-0.4, -0.2) is 32.5 Å². The van der Waals surface area contributed by atoms with Gasteiger partial charge in [0.2, 0.25) is 0 Å². The molecule has 7 nitrogen and oxygen atoms in total. The molecule has 0 saturated heterocycles. The first-order valence-electron chi connectivity index (χ1n) is 7.82. The van der Waals surface area contributed by atoms with Gasteiger partial charge in [-0.05, 0) is 31.5 Å². The second-order valence-electron chi connectivity index (χ2n) is 5.89. The summed E-state index contributed by atoms with van der Waals surface area (Å²) in [4.78, 5) is 23.5. The molecule has 2 aromatic heterocycles. The minimum atomic E-state index is -1.10. The van der Waals surface area contributed by atoms with Crippen molar-refractivity contribution in [1.82, 2.24) is 14.3 Å². The normalized spacial score (nSPS) is 11.0. The van der Waals surface area contributed by atoms with Gasteiger partial charge >= 0.3 is 5.97 Å². The number of nitrogens with zero attached hydrogens (tertiary/aromatic N) is 3. The fourth-order valence-corrected chi connectivity index (χ4v) is 3.04. The molecule has 2 heterocycles. The fraction of sp³-hybridized carbons (Fsp3) is 0.278. The molecule has 0 unspecified atom stereocenters. The third-order valence-electron chi connectivity index (χ3n) is 4.39. The van der Waals surface area contributed by atoms with Crippen LogP contribution in [0.5, 0.6) is 5.75 Å². The third-order valence-corrected chi connectivity index (χ3v) is 4.39. The Labute approximate surface area is 144 Å². The average Bonchev–Trinajstić information content (AvgIpc) is 2.83. The van der Waals surface area contributed by atoms with Gasteiger partial charge in [0.25, 0.3) is 5.56 Å². The second-order valence-corrected chi connectivity index (χ2v) is 5.89. The highest BCUT2D eigenvalue weighted by atomic mass is 16.5. The van der Waals surface area contributed by atoms with Gasteiger partial charge in [0, 0.05) is 23.3 Å². The van der Waals surface area contributed by atoms with Gasteiger partial charge in [-0.3, -0.25) is 9.59 Å². The lowest BCUT2D eigenvalue weighted by Crippen LogP contribution is -2.26. The molecule has 130 valence electrons. The van der Waals surface area contributed by atoms with Crippen molar-refractivity contribution in [2.45, 2.75) is 26.9 Å². The number of carboxylic acid groups (broad SMARTS) is 1. The van der Waals surface area contributed by atoms with Crippen molar-refractivity contribution >= 4 is 16.7 Å². The van der Waals surface area contributed by atoms with Crippen LogP contribution in [-0.2, 0) is 17.9 Å². The number of rotatable bonds is 5. The molecule has 0 aliphatic heterocycles. The lowest BCUT2D eigenvalue weighted by atomic mass is 10.2. The molecule has 1 aromatic carbocycles. The van der Waals surface area contributed by atoms with Gasteiger partial charge in [0.1, 0.15) is 12.3 Å². The zero-order valence-electron chi connectivity index (χ0n) is 14.3. The Morgan fingerprint density at radius 2 is 1.88 bits per heavy atom. The molecule has 3 rings (SSSR count). The average molecular weight is 341 g/mol. The number of hydrogen-bond acceptors (Lipinski definition) is 4. The summed E-state index contributed by atoms with van der Waals surface area (Å²) in [7, 11) is 1.62. The van der Waals surface area contributed by atoms with Crippen molar-refractivity contribution in [1.29, 1.82) is 0 Å². The molecule has 0 aliphatic rings.